The first kappa shape index (κ1) is 14.1. The zero-order chi connectivity index (χ0) is 14.7. The molecule has 1 aromatic carbocycles. The Morgan fingerprint density at radius 2 is 2.05 bits per heavy atom. The molecule has 0 amide bonds. The van der Waals surface area contributed by atoms with E-state index in [1.807, 2.05) is 13.2 Å². The first-order valence-corrected chi connectivity index (χ1v) is 7.75. The first-order valence-electron chi connectivity index (χ1n) is 7.75. The molecule has 0 radical (unpaired) electrons. The average molecular weight is 281 g/mol. The summed E-state index contributed by atoms with van der Waals surface area (Å²) in [7, 11) is 1.99. The molecule has 2 aromatic rings. The van der Waals surface area contributed by atoms with Gasteiger partial charge in [0.25, 0.3) is 0 Å². The number of aromatic nitrogens is 1. The third-order valence-corrected chi connectivity index (χ3v) is 4.12. The zero-order valence-electron chi connectivity index (χ0n) is 12.9. The van der Waals surface area contributed by atoms with Crippen molar-refractivity contribution in [2.45, 2.75) is 32.7 Å². The van der Waals surface area contributed by atoms with Gasteiger partial charge in [-0.1, -0.05) is 18.2 Å². The van der Waals surface area contributed by atoms with Crippen LogP contribution in [0, 0.1) is 6.92 Å². The van der Waals surface area contributed by atoms with Crippen LogP contribution in [0.2, 0.25) is 0 Å². The minimum Gasteiger partial charge on any atom is -0.341 e. The Kier molecular flexibility index (Phi) is 4.20. The van der Waals surface area contributed by atoms with Gasteiger partial charge in [-0.15, -0.1) is 0 Å². The Hall–Kier alpha value is -1.87. The van der Waals surface area contributed by atoms with Gasteiger partial charge in [0.1, 0.15) is 0 Å². The summed E-state index contributed by atoms with van der Waals surface area (Å²) in [6, 6.07) is 11.0. The van der Waals surface area contributed by atoms with Crippen LogP contribution in [-0.4, -0.2) is 18.6 Å². The van der Waals surface area contributed by atoms with E-state index in [0.29, 0.717) is 0 Å². The Morgan fingerprint density at radius 1 is 1.19 bits per heavy atom. The summed E-state index contributed by atoms with van der Waals surface area (Å²) in [5.41, 5.74) is 6.45. The second-order valence-electron chi connectivity index (χ2n) is 5.72. The van der Waals surface area contributed by atoms with Crippen molar-refractivity contribution in [2.75, 3.05) is 18.5 Å². The van der Waals surface area contributed by atoms with E-state index in [2.05, 4.69) is 52.5 Å². The van der Waals surface area contributed by atoms with Gasteiger partial charge in [0, 0.05) is 41.9 Å². The SMILES string of the molecule is CNCc1cnc(C)cc1N1CCCCc2ccccc21. The van der Waals surface area contributed by atoms with Crippen molar-refractivity contribution in [3.05, 3.63) is 53.3 Å². The molecule has 0 fully saturated rings. The van der Waals surface area contributed by atoms with Crippen LogP contribution in [0.5, 0.6) is 0 Å². The van der Waals surface area contributed by atoms with Gasteiger partial charge in [0.15, 0.2) is 0 Å². The Morgan fingerprint density at radius 3 is 2.90 bits per heavy atom. The second-order valence-corrected chi connectivity index (χ2v) is 5.72. The van der Waals surface area contributed by atoms with Crippen molar-refractivity contribution in [1.82, 2.24) is 10.3 Å². The van der Waals surface area contributed by atoms with Crippen LogP contribution in [0.1, 0.15) is 29.7 Å². The van der Waals surface area contributed by atoms with Gasteiger partial charge in [-0.25, -0.2) is 0 Å². The molecule has 3 nitrogen and oxygen atoms in total. The second kappa shape index (κ2) is 6.27. The summed E-state index contributed by atoms with van der Waals surface area (Å²) in [5, 5.41) is 3.26. The largest absolute Gasteiger partial charge is 0.341 e. The van der Waals surface area contributed by atoms with Crippen molar-refractivity contribution in [3.63, 3.8) is 0 Å². The van der Waals surface area contributed by atoms with Crippen LogP contribution >= 0.6 is 0 Å². The number of nitrogens with one attached hydrogen (secondary N) is 1. The van der Waals surface area contributed by atoms with Gasteiger partial charge in [0.2, 0.25) is 0 Å². The third kappa shape index (κ3) is 2.93. The van der Waals surface area contributed by atoms with Gasteiger partial charge >= 0.3 is 0 Å². The highest BCUT2D eigenvalue weighted by atomic mass is 15.1. The van der Waals surface area contributed by atoms with E-state index in [0.717, 1.165) is 18.8 Å². The molecule has 3 rings (SSSR count). The predicted octanol–water partition coefficient (Wildman–Crippen LogP) is 3.58. The van der Waals surface area contributed by atoms with E-state index in [1.165, 1.54) is 41.8 Å². The number of hydrogen-bond donors (Lipinski definition) is 1. The van der Waals surface area contributed by atoms with Crippen molar-refractivity contribution in [2.24, 2.45) is 0 Å². The lowest BCUT2D eigenvalue weighted by atomic mass is 10.1. The topological polar surface area (TPSA) is 28.2 Å². The number of anilines is 2. The van der Waals surface area contributed by atoms with Crippen molar-refractivity contribution in [1.29, 1.82) is 0 Å². The quantitative estimate of drug-likeness (QED) is 0.932. The predicted molar refractivity (Wildman–Crippen MR) is 88.1 cm³/mol. The highest BCUT2D eigenvalue weighted by Crippen LogP contribution is 2.34. The standard InChI is InChI=1S/C18H23N3/c1-14-11-18(16(12-19-2)13-20-14)21-10-6-5-8-15-7-3-4-9-17(15)21/h3-4,7,9,11,13,19H,5-6,8,10,12H2,1-2H3. The molecule has 0 atom stereocenters. The molecule has 0 saturated carbocycles. The first-order chi connectivity index (χ1) is 10.3. The highest BCUT2D eigenvalue weighted by Gasteiger charge is 2.19. The molecule has 1 aliphatic rings. The maximum Gasteiger partial charge on any atom is 0.0490 e. The minimum absolute atomic E-state index is 0.848. The molecule has 1 N–H and O–H groups in total. The number of fused-ring (bicyclic) bond motifs is 1. The van der Waals surface area contributed by atoms with E-state index < -0.39 is 0 Å². The number of hydrogen-bond acceptors (Lipinski definition) is 3. The molecular weight excluding hydrogens is 258 g/mol. The van der Waals surface area contributed by atoms with E-state index in [9.17, 15) is 0 Å². The summed E-state index contributed by atoms with van der Waals surface area (Å²) in [6.07, 6.45) is 5.68. The Labute approximate surface area is 127 Å². The number of pyridine rings is 1. The fourth-order valence-corrected chi connectivity index (χ4v) is 3.09. The molecule has 1 aliphatic heterocycles. The summed E-state index contributed by atoms with van der Waals surface area (Å²) in [6.45, 7) is 3.99. The maximum atomic E-state index is 4.47. The lowest BCUT2D eigenvalue weighted by molar-refractivity contribution is 0.754. The van der Waals surface area contributed by atoms with Crippen LogP contribution < -0.4 is 10.2 Å². The summed E-state index contributed by atoms with van der Waals surface area (Å²) < 4.78 is 0. The number of rotatable bonds is 3. The molecule has 0 unspecified atom stereocenters. The minimum atomic E-state index is 0.848. The lowest BCUT2D eigenvalue weighted by Crippen LogP contribution is -2.21. The average Bonchev–Trinajstić information content (AvgIpc) is 2.72. The molecule has 21 heavy (non-hydrogen) atoms. The summed E-state index contributed by atoms with van der Waals surface area (Å²) in [4.78, 5) is 6.94. The van der Waals surface area contributed by atoms with Crippen LogP contribution in [-0.2, 0) is 13.0 Å². The monoisotopic (exact) mass is 281 g/mol. The van der Waals surface area contributed by atoms with Crippen LogP contribution in [0.25, 0.3) is 0 Å². The van der Waals surface area contributed by atoms with E-state index in [1.54, 1.807) is 0 Å². The van der Waals surface area contributed by atoms with E-state index >= 15 is 0 Å². The molecule has 3 heteroatoms. The molecule has 0 spiro atoms. The number of aryl methyl sites for hydroxylation is 2. The van der Waals surface area contributed by atoms with Gasteiger partial charge in [-0.05, 0) is 50.9 Å². The van der Waals surface area contributed by atoms with Crippen molar-refractivity contribution >= 4 is 11.4 Å². The summed E-state index contributed by atoms with van der Waals surface area (Å²) in [5.74, 6) is 0. The van der Waals surface area contributed by atoms with Crippen molar-refractivity contribution in [3.8, 4) is 0 Å². The molecule has 1 aromatic heterocycles. The van der Waals surface area contributed by atoms with E-state index in [4.69, 9.17) is 0 Å². The molecule has 0 bridgehead atoms. The molecule has 110 valence electrons. The van der Waals surface area contributed by atoms with Gasteiger partial charge in [-0.2, -0.15) is 0 Å². The molecule has 0 aliphatic carbocycles. The lowest BCUT2D eigenvalue weighted by Gasteiger charge is -2.27. The van der Waals surface area contributed by atoms with Crippen LogP contribution in [0.3, 0.4) is 0 Å². The molecule has 2 heterocycles. The van der Waals surface area contributed by atoms with Gasteiger partial charge < -0.3 is 10.2 Å². The zero-order valence-corrected chi connectivity index (χ0v) is 12.9. The smallest absolute Gasteiger partial charge is 0.0490 e. The third-order valence-electron chi connectivity index (χ3n) is 4.12. The fourth-order valence-electron chi connectivity index (χ4n) is 3.09. The normalized spacial score (nSPS) is 14.7. The fraction of sp³-hybridized carbons (Fsp3) is 0.389. The molecular formula is C18H23N3. The van der Waals surface area contributed by atoms with E-state index in [-0.39, 0.29) is 0 Å². The maximum absolute atomic E-state index is 4.47. The number of para-hydroxylation sites is 1. The summed E-state index contributed by atoms with van der Waals surface area (Å²) >= 11 is 0. The molecule has 0 saturated heterocycles. The van der Waals surface area contributed by atoms with Crippen LogP contribution in [0.4, 0.5) is 11.4 Å². The van der Waals surface area contributed by atoms with Gasteiger partial charge in [0.05, 0.1) is 0 Å². The van der Waals surface area contributed by atoms with Crippen molar-refractivity contribution < 1.29 is 0 Å². The Balaban J connectivity index is 2.09. The van der Waals surface area contributed by atoms with Gasteiger partial charge in [-0.3, -0.25) is 4.98 Å². The Bertz CT molecular complexity index is 622. The number of nitrogens with zero attached hydrogens (tertiary/aromatic N) is 2. The highest BCUT2D eigenvalue weighted by molar-refractivity contribution is 5.69. The van der Waals surface area contributed by atoms with Crippen LogP contribution in [0.15, 0.2) is 36.5 Å². The number of benzene rings is 1.